The number of ether oxygens (including phenoxy) is 1. The van der Waals surface area contributed by atoms with Crippen molar-refractivity contribution in [1.29, 1.82) is 0 Å². The summed E-state index contributed by atoms with van der Waals surface area (Å²) in [5.41, 5.74) is 0.898. The molecule has 0 spiro atoms. The molecule has 7 heteroatoms. The minimum absolute atomic E-state index is 0.203. The van der Waals surface area contributed by atoms with Gasteiger partial charge in [-0.25, -0.2) is 0 Å². The second kappa shape index (κ2) is 6.41. The molecule has 110 valence electrons. The lowest BCUT2D eigenvalue weighted by molar-refractivity contribution is -0.143. The highest BCUT2D eigenvalue weighted by atomic mass is 35.5. The fourth-order valence-electron chi connectivity index (χ4n) is 1.85. The van der Waals surface area contributed by atoms with Gasteiger partial charge in [-0.1, -0.05) is 11.6 Å². The maximum Gasteiger partial charge on any atom is 0.325 e. The van der Waals surface area contributed by atoms with Gasteiger partial charge >= 0.3 is 5.97 Å². The lowest BCUT2D eigenvalue weighted by Gasteiger charge is -2.03. The number of nitrogens with one attached hydrogen (secondary N) is 2. The zero-order valence-electron chi connectivity index (χ0n) is 11.2. The van der Waals surface area contributed by atoms with Crippen LogP contribution in [0.5, 0.6) is 0 Å². The van der Waals surface area contributed by atoms with Crippen molar-refractivity contribution in [2.75, 3.05) is 13.2 Å². The summed E-state index contributed by atoms with van der Waals surface area (Å²) in [5, 5.41) is 3.24. The van der Waals surface area contributed by atoms with Crippen molar-refractivity contribution in [3.8, 4) is 0 Å². The Morgan fingerprint density at radius 2 is 2.10 bits per heavy atom. The molecule has 0 fully saturated rings. The van der Waals surface area contributed by atoms with E-state index in [1.165, 1.54) is 6.20 Å². The molecule has 0 aliphatic rings. The molecule has 1 aromatic heterocycles. The summed E-state index contributed by atoms with van der Waals surface area (Å²) in [6.07, 6.45) is 1.44. The number of carbonyl (C=O) groups excluding carboxylic acids is 3. The molecular formula is C14H13ClN2O4. The largest absolute Gasteiger partial charge is 0.465 e. The molecule has 2 aromatic rings. The van der Waals surface area contributed by atoms with Crippen LogP contribution in [0, 0.1) is 0 Å². The minimum Gasteiger partial charge on any atom is -0.465 e. The molecule has 0 aliphatic carbocycles. The number of ketones is 1. The van der Waals surface area contributed by atoms with Gasteiger partial charge in [0.15, 0.2) is 0 Å². The van der Waals surface area contributed by atoms with Crippen LogP contribution in [0.15, 0.2) is 24.4 Å². The predicted octanol–water partition coefficient (Wildman–Crippen LogP) is 1.68. The normalized spacial score (nSPS) is 10.4. The Morgan fingerprint density at radius 3 is 2.81 bits per heavy atom. The van der Waals surface area contributed by atoms with Crippen LogP contribution in [0.25, 0.3) is 10.9 Å². The average molecular weight is 309 g/mol. The molecule has 21 heavy (non-hydrogen) atoms. The predicted molar refractivity (Wildman–Crippen MR) is 77.3 cm³/mol. The number of carbonyl (C=O) groups is 3. The highest BCUT2D eigenvalue weighted by Crippen LogP contribution is 2.22. The SMILES string of the molecule is CCOC(=O)CNC(=O)C(=O)c1c[nH]c2ccc(Cl)cc12. The molecule has 1 aromatic carbocycles. The number of amides is 1. The number of rotatable bonds is 5. The minimum atomic E-state index is -0.871. The molecule has 2 N–H and O–H groups in total. The van der Waals surface area contributed by atoms with Crippen LogP contribution in [0.1, 0.15) is 17.3 Å². The van der Waals surface area contributed by atoms with E-state index in [4.69, 9.17) is 11.6 Å². The van der Waals surface area contributed by atoms with Gasteiger partial charge in [0, 0.05) is 22.1 Å². The van der Waals surface area contributed by atoms with Gasteiger partial charge in [0.25, 0.3) is 11.7 Å². The van der Waals surface area contributed by atoms with Gasteiger partial charge in [-0.2, -0.15) is 0 Å². The fraction of sp³-hybridized carbons (Fsp3) is 0.214. The maximum atomic E-state index is 12.1. The van der Waals surface area contributed by atoms with E-state index in [1.807, 2.05) is 0 Å². The first-order valence-corrected chi connectivity index (χ1v) is 6.65. The van der Waals surface area contributed by atoms with E-state index < -0.39 is 17.7 Å². The van der Waals surface area contributed by atoms with Gasteiger partial charge < -0.3 is 15.0 Å². The number of esters is 1. The first-order chi connectivity index (χ1) is 10.0. The van der Waals surface area contributed by atoms with Gasteiger partial charge in [-0.3, -0.25) is 14.4 Å². The molecule has 6 nitrogen and oxygen atoms in total. The summed E-state index contributed by atoms with van der Waals surface area (Å²) in [6.45, 7) is 1.52. The average Bonchev–Trinajstić information content (AvgIpc) is 2.87. The van der Waals surface area contributed by atoms with Crippen LogP contribution in [-0.2, 0) is 14.3 Å². The summed E-state index contributed by atoms with van der Waals surface area (Å²) in [4.78, 5) is 37.9. The summed E-state index contributed by atoms with van der Waals surface area (Å²) in [5.74, 6) is -2.21. The highest BCUT2D eigenvalue weighted by molar-refractivity contribution is 6.45. The molecule has 0 radical (unpaired) electrons. The lowest BCUT2D eigenvalue weighted by Crippen LogP contribution is -2.35. The van der Waals surface area contributed by atoms with Crippen molar-refractivity contribution in [1.82, 2.24) is 10.3 Å². The first kappa shape index (κ1) is 15.1. The maximum absolute atomic E-state index is 12.1. The van der Waals surface area contributed by atoms with Crippen molar-refractivity contribution in [3.05, 3.63) is 35.0 Å². The number of hydrogen-bond acceptors (Lipinski definition) is 4. The van der Waals surface area contributed by atoms with Crippen molar-refractivity contribution in [2.45, 2.75) is 6.92 Å². The van der Waals surface area contributed by atoms with Crippen LogP contribution in [0.4, 0.5) is 0 Å². The van der Waals surface area contributed by atoms with Crippen LogP contribution < -0.4 is 5.32 Å². The van der Waals surface area contributed by atoms with Gasteiger partial charge in [0.2, 0.25) is 0 Å². The third-order valence-corrected chi connectivity index (χ3v) is 3.03. The molecule has 2 rings (SSSR count). The van der Waals surface area contributed by atoms with E-state index in [0.29, 0.717) is 15.9 Å². The van der Waals surface area contributed by atoms with Crippen LogP contribution >= 0.6 is 11.6 Å². The smallest absolute Gasteiger partial charge is 0.325 e. The van der Waals surface area contributed by atoms with Crippen molar-refractivity contribution in [2.24, 2.45) is 0 Å². The fourth-order valence-corrected chi connectivity index (χ4v) is 2.02. The number of fused-ring (bicyclic) bond motifs is 1. The standard InChI is InChI=1S/C14H13ClN2O4/c1-2-21-12(18)7-17-14(20)13(19)10-6-16-11-4-3-8(15)5-9(10)11/h3-6,16H,2,7H2,1H3,(H,17,20). The summed E-state index contributed by atoms with van der Waals surface area (Å²) in [6, 6.07) is 4.99. The third kappa shape index (κ3) is 3.41. The molecule has 0 bridgehead atoms. The Morgan fingerprint density at radius 1 is 1.33 bits per heavy atom. The van der Waals surface area contributed by atoms with E-state index in [0.717, 1.165) is 0 Å². The highest BCUT2D eigenvalue weighted by Gasteiger charge is 2.20. The van der Waals surface area contributed by atoms with Crippen molar-refractivity contribution in [3.63, 3.8) is 0 Å². The van der Waals surface area contributed by atoms with Crippen molar-refractivity contribution >= 4 is 40.2 Å². The van der Waals surface area contributed by atoms with Crippen molar-refractivity contribution < 1.29 is 19.1 Å². The van der Waals surface area contributed by atoms with E-state index in [-0.39, 0.29) is 18.7 Å². The monoisotopic (exact) mass is 308 g/mol. The number of H-pyrrole nitrogens is 1. The van der Waals surface area contributed by atoms with Crippen LogP contribution in [-0.4, -0.2) is 35.8 Å². The number of aromatic nitrogens is 1. The van der Waals surface area contributed by atoms with Crippen LogP contribution in [0.3, 0.4) is 0 Å². The molecule has 0 saturated carbocycles. The number of Topliss-reactive ketones (excluding diaryl/α,β-unsaturated/α-hetero) is 1. The summed E-state index contributed by atoms with van der Waals surface area (Å²) in [7, 11) is 0. The number of benzene rings is 1. The molecule has 0 atom stereocenters. The van der Waals surface area contributed by atoms with Gasteiger partial charge in [0.1, 0.15) is 6.54 Å². The second-order valence-corrected chi connectivity index (χ2v) is 4.65. The molecular weight excluding hydrogens is 296 g/mol. The molecule has 0 aliphatic heterocycles. The Bertz CT molecular complexity index is 708. The second-order valence-electron chi connectivity index (χ2n) is 4.21. The van der Waals surface area contributed by atoms with E-state index in [1.54, 1.807) is 25.1 Å². The quantitative estimate of drug-likeness (QED) is 0.500. The van der Waals surface area contributed by atoms with Gasteiger partial charge in [-0.15, -0.1) is 0 Å². The molecule has 1 amide bonds. The molecule has 0 saturated heterocycles. The number of halogens is 1. The third-order valence-electron chi connectivity index (χ3n) is 2.79. The Kier molecular flexibility index (Phi) is 4.59. The first-order valence-electron chi connectivity index (χ1n) is 6.27. The van der Waals surface area contributed by atoms with Gasteiger partial charge in [0.05, 0.1) is 12.2 Å². The van der Waals surface area contributed by atoms with E-state index >= 15 is 0 Å². The van der Waals surface area contributed by atoms with Gasteiger partial charge in [-0.05, 0) is 25.1 Å². The topological polar surface area (TPSA) is 88.3 Å². The van der Waals surface area contributed by atoms with E-state index in [2.05, 4.69) is 15.0 Å². The summed E-state index contributed by atoms with van der Waals surface area (Å²) >= 11 is 5.88. The number of hydrogen-bond donors (Lipinski definition) is 2. The molecule has 1 heterocycles. The Labute approximate surface area is 125 Å². The summed E-state index contributed by atoms with van der Waals surface area (Å²) < 4.78 is 4.66. The van der Waals surface area contributed by atoms with Crippen LogP contribution in [0.2, 0.25) is 5.02 Å². The Hall–Kier alpha value is -2.34. The number of aromatic amines is 1. The zero-order valence-corrected chi connectivity index (χ0v) is 12.0. The lowest BCUT2D eigenvalue weighted by atomic mass is 10.1. The Balaban J connectivity index is 2.13. The molecule has 0 unspecified atom stereocenters. The zero-order chi connectivity index (χ0) is 15.4. The van der Waals surface area contributed by atoms with E-state index in [9.17, 15) is 14.4 Å².